The number of sulfonamides is 1. The van der Waals surface area contributed by atoms with E-state index in [4.69, 9.17) is 4.74 Å². The summed E-state index contributed by atoms with van der Waals surface area (Å²) in [6, 6.07) is 6.73. The van der Waals surface area contributed by atoms with E-state index in [1.807, 2.05) is 6.92 Å². The number of esters is 1. The molecule has 0 unspecified atom stereocenters. The molecular weight excluding hydrogens is 480 g/mol. The summed E-state index contributed by atoms with van der Waals surface area (Å²) in [5.41, 5.74) is 1.04. The first-order valence-corrected chi connectivity index (χ1v) is 13.4. The van der Waals surface area contributed by atoms with Gasteiger partial charge in [0.05, 0.1) is 18.4 Å². The van der Waals surface area contributed by atoms with Gasteiger partial charge in [-0.3, -0.25) is 4.72 Å². The van der Waals surface area contributed by atoms with Gasteiger partial charge in [0.25, 0.3) is 5.13 Å². The first kappa shape index (κ1) is 23.2. The van der Waals surface area contributed by atoms with Crippen molar-refractivity contribution in [1.82, 2.24) is 15.2 Å². The first-order chi connectivity index (χ1) is 14.8. The molecule has 14 heteroatoms. The normalized spacial score (nSPS) is 11.7. The van der Waals surface area contributed by atoms with Crippen LogP contribution in [0.4, 0.5) is 15.3 Å². The summed E-state index contributed by atoms with van der Waals surface area (Å²) >= 11 is 3.82. The number of thioether (sulfide) groups is 1. The highest BCUT2D eigenvalue weighted by Crippen LogP contribution is 2.41. The minimum atomic E-state index is -3.56. The zero-order chi connectivity index (χ0) is 22.4. The summed E-state index contributed by atoms with van der Waals surface area (Å²) in [5, 5.41) is 17.1. The highest BCUT2D eigenvalue weighted by Gasteiger charge is 2.21. The second-order valence-corrected chi connectivity index (χ2v) is 11.0. The van der Waals surface area contributed by atoms with Crippen LogP contribution in [0.5, 0.6) is 0 Å². The Morgan fingerprint density at radius 2 is 1.97 bits per heavy atom. The number of carbonyl (C=O) groups excluding carboxylic acids is 1. The van der Waals surface area contributed by atoms with Crippen molar-refractivity contribution in [3.63, 3.8) is 0 Å². The molecule has 3 rings (SSSR count). The lowest BCUT2D eigenvalue weighted by Gasteiger charge is -2.07. The quantitative estimate of drug-likeness (QED) is 0.254. The van der Waals surface area contributed by atoms with Crippen LogP contribution in [0.3, 0.4) is 0 Å². The minimum Gasteiger partial charge on any atom is -0.462 e. The Bertz CT molecular complexity index is 1200. The number of nitrogens with zero attached hydrogens (tertiary/aromatic N) is 5. The van der Waals surface area contributed by atoms with Gasteiger partial charge in [-0.05, 0) is 18.7 Å². The van der Waals surface area contributed by atoms with Crippen LogP contribution in [0.15, 0.2) is 38.8 Å². The summed E-state index contributed by atoms with van der Waals surface area (Å²) in [7, 11) is -3.56. The van der Waals surface area contributed by atoms with E-state index in [9.17, 15) is 13.2 Å². The molecule has 0 aliphatic heterocycles. The lowest BCUT2D eigenvalue weighted by atomic mass is 10.1. The number of anilines is 1. The number of rotatable bonds is 9. The van der Waals surface area contributed by atoms with E-state index in [-0.39, 0.29) is 17.3 Å². The molecule has 0 bridgehead atoms. The van der Waals surface area contributed by atoms with Gasteiger partial charge in [0.15, 0.2) is 14.5 Å². The Balaban J connectivity index is 2.05. The van der Waals surface area contributed by atoms with Crippen LogP contribution in [0.1, 0.15) is 24.2 Å². The van der Waals surface area contributed by atoms with Crippen LogP contribution in [-0.4, -0.2) is 48.2 Å². The highest BCUT2D eigenvalue weighted by molar-refractivity contribution is 8.01. The Morgan fingerprint density at radius 1 is 1.19 bits per heavy atom. The van der Waals surface area contributed by atoms with Crippen molar-refractivity contribution >= 4 is 65.7 Å². The van der Waals surface area contributed by atoms with Crippen LogP contribution < -0.4 is 4.72 Å². The van der Waals surface area contributed by atoms with E-state index in [1.54, 1.807) is 43.0 Å². The molecule has 0 saturated carbocycles. The Labute approximate surface area is 191 Å². The maximum absolute atomic E-state index is 12.4. The molecule has 0 saturated heterocycles. The maximum atomic E-state index is 12.4. The van der Waals surface area contributed by atoms with Crippen LogP contribution in [0, 0.1) is 0 Å². The van der Waals surface area contributed by atoms with Gasteiger partial charge in [-0.1, -0.05) is 59.6 Å². The van der Waals surface area contributed by atoms with Crippen molar-refractivity contribution in [3.8, 4) is 11.3 Å². The summed E-state index contributed by atoms with van der Waals surface area (Å²) in [5.74, 6) is 0.340. The summed E-state index contributed by atoms with van der Waals surface area (Å²) < 4.78 is 31.6. The standard InChI is InChI=1S/C17H18N6O4S4/c1-4-27-14(24)11-9-7-6-8-10(11)12-13(29-15(18-12)23-31(3,25)26)19-20-16-21-22-17(30-16)28-5-2/h6-9H,4-5H2,1-3H3,(H,18,23). The van der Waals surface area contributed by atoms with E-state index >= 15 is 0 Å². The molecule has 0 atom stereocenters. The fourth-order valence-corrected chi connectivity index (χ4v) is 5.54. The number of aromatic nitrogens is 3. The molecule has 1 N–H and O–H groups in total. The number of nitrogens with one attached hydrogen (secondary N) is 1. The van der Waals surface area contributed by atoms with Gasteiger partial charge in [-0.15, -0.1) is 20.4 Å². The third kappa shape index (κ3) is 6.29. The fraction of sp³-hybridized carbons (Fsp3) is 0.294. The molecule has 0 fully saturated rings. The average molecular weight is 499 g/mol. The van der Waals surface area contributed by atoms with Crippen molar-refractivity contribution < 1.29 is 17.9 Å². The number of hydrogen-bond donors (Lipinski definition) is 1. The van der Waals surface area contributed by atoms with Gasteiger partial charge in [0.2, 0.25) is 10.0 Å². The molecule has 2 aromatic heterocycles. The molecule has 10 nitrogen and oxygen atoms in total. The van der Waals surface area contributed by atoms with Crippen molar-refractivity contribution in [1.29, 1.82) is 0 Å². The SMILES string of the molecule is CCOC(=O)c1ccccc1-c1nc(NS(C)(=O)=O)sc1N=Nc1nnc(SCC)s1. The Kier molecular flexibility index (Phi) is 7.69. The van der Waals surface area contributed by atoms with E-state index < -0.39 is 16.0 Å². The van der Waals surface area contributed by atoms with Gasteiger partial charge in [-0.25, -0.2) is 18.2 Å². The molecule has 3 aromatic rings. The van der Waals surface area contributed by atoms with Gasteiger partial charge < -0.3 is 4.74 Å². The summed E-state index contributed by atoms with van der Waals surface area (Å²) in [4.78, 5) is 16.7. The molecule has 1 aromatic carbocycles. The lowest BCUT2D eigenvalue weighted by Crippen LogP contribution is -2.09. The van der Waals surface area contributed by atoms with E-state index in [1.165, 1.54) is 11.3 Å². The lowest BCUT2D eigenvalue weighted by molar-refractivity contribution is 0.0527. The van der Waals surface area contributed by atoms with Gasteiger partial charge in [0, 0.05) is 5.56 Å². The number of benzene rings is 1. The van der Waals surface area contributed by atoms with Crippen LogP contribution in [0.25, 0.3) is 11.3 Å². The number of carbonyl (C=O) groups is 1. The molecule has 0 amide bonds. The molecule has 0 radical (unpaired) electrons. The zero-order valence-electron chi connectivity index (χ0n) is 16.7. The van der Waals surface area contributed by atoms with Crippen LogP contribution >= 0.6 is 34.4 Å². The fourth-order valence-electron chi connectivity index (χ4n) is 2.35. The second-order valence-electron chi connectivity index (χ2n) is 5.80. The molecule has 2 heterocycles. The van der Waals surface area contributed by atoms with Crippen molar-refractivity contribution in [2.45, 2.75) is 18.2 Å². The Hall–Kier alpha value is -2.42. The first-order valence-electron chi connectivity index (χ1n) is 8.94. The van der Waals surface area contributed by atoms with Crippen molar-refractivity contribution in [2.24, 2.45) is 10.2 Å². The number of thiazole rings is 1. The van der Waals surface area contributed by atoms with E-state index in [0.29, 0.717) is 21.4 Å². The van der Waals surface area contributed by atoms with Gasteiger partial charge in [-0.2, -0.15) is 0 Å². The average Bonchev–Trinajstić information content (AvgIpc) is 3.32. The third-order valence-electron chi connectivity index (χ3n) is 3.45. The summed E-state index contributed by atoms with van der Waals surface area (Å²) in [6.07, 6.45) is 1.02. The molecule has 0 aliphatic carbocycles. The minimum absolute atomic E-state index is 0.101. The van der Waals surface area contributed by atoms with Gasteiger partial charge >= 0.3 is 5.97 Å². The molecular formula is C17H18N6O4S4. The maximum Gasteiger partial charge on any atom is 0.338 e. The predicted molar refractivity (Wildman–Crippen MR) is 122 cm³/mol. The highest BCUT2D eigenvalue weighted by atomic mass is 32.2. The zero-order valence-corrected chi connectivity index (χ0v) is 20.0. The molecule has 164 valence electrons. The molecule has 0 spiro atoms. The molecule has 31 heavy (non-hydrogen) atoms. The summed E-state index contributed by atoms with van der Waals surface area (Å²) in [6.45, 7) is 3.94. The smallest absolute Gasteiger partial charge is 0.338 e. The van der Waals surface area contributed by atoms with Crippen LogP contribution in [-0.2, 0) is 14.8 Å². The van der Waals surface area contributed by atoms with E-state index in [2.05, 4.69) is 30.1 Å². The Morgan fingerprint density at radius 3 is 2.68 bits per heavy atom. The van der Waals surface area contributed by atoms with E-state index in [0.717, 1.165) is 27.7 Å². The topological polar surface area (TPSA) is 136 Å². The van der Waals surface area contributed by atoms with Crippen LogP contribution in [0.2, 0.25) is 0 Å². The number of hydrogen-bond acceptors (Lipinski definition) is 12. The van der Waals surface area contributed by atoms with Crippen molar-refractivity contribution in [3.05, 3.63) is 29.8 Å². The monoisotopic (exact) mass is 498 g/mol. The molecule has 0 aliphatic rings. The largest absolute Gasteiger partial charge is 0.462 e. The number of azo groups is 1. The third-order valence-corrected chi connectivity index (χ3v) is 6.82. The second kappa shape index (κ2) is 10.3. The number of ether oxygens (including phenoxy) is 1. The van der Waals surface area contributed by atoms with Gasteiger partial charge in [0.1, 0.15) is 5.69 Å². The predicted octanol–water partition coefficient (Wildman–Crippen LogP) is 4.74. The van der Waals surface area contributed by atoms with Crippen molar-refractivity contribution in [2.75, 3.05) is 23.3 Å².